The van der Waals surface area contributed by atoms with E-state index in [-0.39, 0.29) is 28.5 Å². The van der Waals surface area contributed by atoms with E-state index in [0.29, 0.717) is 82.6 Å². The van der Waals surface area contributed by atoms with E-state index in [9.17, 15) is 5.11 Å². The summed E-state index contributed by atoms with van der Waals surface area (Å²) in [6.45, 7) is 21.8. The number of aryl methyl sites for hydroxylation is 1. The Morgan fingerprint density at radius 2 is 1.63 bits per heavy atom. The van der Waals surface area contributed by atoms with Crippen LogP contribution < -0.4 is 14.1 Å². The van der Waals surface area contributed by atoms with Crippen LogP contribution in [0, 0.1) is 17.0 Å². The molecule has 1 atom stereocenters. The fourth-order valence-corrected chi connectivity index (χ4v) is 14.9. The number of pyridine rings is 1. The fourth-order valence-electron chi connectivity index (χ4n) is 9.71. The molecule has 0 bridgehead atoms. The van der Waals surface area contributed by atoms with Gasteiger partial charge in [0, 0.05) is 36.8 Å². The number of piperidine rings is 1. The lowest BCUT2D eigenvalue weighted by atomic mass is 9.94. The summed E-state index contributed by atoms with van der Waals surface area (Å²) in [5.41, 5.74) is 1.26. The van der Waals surface area contributed by atoms with Crippen LogP contribution in [0.3, 0.4) is 0 Å². The van der Waals surface area contributed by atoms with Crippen molar-refractivity contribution in [2.24, 2.45) is 5.41 Å². The van der Waals surface area contributed by atoms with Crippen molar-refractivity contribution in [2.75, 3.05) is 44.2 Å². The molecular formula is C43H59F2N5O3Si. The van der Waals surface area contributed by atoms with Gasteiger partial charge in [0.25, 0.3) is 8.32 Å². The van der Waals surface area contributed by atoms with Gasteiger partial charge >= 0.3 is 6.01 Å². The van der Waals surface area contributed by atoms with Gasteiger partial charge in [0.05, 0.1) is 17.6 Å². The number of halogens is 2. The normalized spacial score (nSPS) is 20.6. The molecule has 2 aromatic heterocycles. The highest BCUT2D eigenvalue weighted by atomic mass is 28.4. The quantitative estimate of drug-likeness (QED) is 0.135. The first-order valence-electron chi connectivity index (χ1n) is 20.3. The number of anilines is 1. The number of fused-ring (bicyclic) bond motifs is 2. The van der Waals surface area contributed by atoms with Gasteiger partial charge in [0.1, 0.15) is 28.6 Å². The van der Waals surface area contributed by atoms with Crippen molar-refractivity contribution in [1.29, 1.82) is 0 Å². The van der Waals surface area contributed by atoms with Gasteiger partial charge in [-0.05, 0) is 116 Å². The first-order chi connectivity index (χ1) is 25.7. The summed E-state index contributed by atoms with van der Waals surface area (Å²) in [6.07, 6.45) is 8.11. The van der Waals surface area contributed by atoms with Gasteiger partial charge in [-0.3, -0.25) is 4.98 Å². The molecule has 1 saturated carbocycles. The fraction of sp³-hybridized carbons (Fsp3) is 0.605. The number of hydrogen-bond acceptors (Lipinski definition) is 8. The Hall–Kier alpha value is -3.41. The Bertz CT molecular complexity index is 1990. The second-order valence-corrected chi connectivity index (χ2v) is 23.1. The molecule has 2 aliphatic heterocycles. The van der Waals surface area contributed by atoms with E-state index in [4.69, 9.17) is 24.1 Å². The molecule has 8 nitrogen and oxygen atoms in total. The summed E-state index contributed by atoms with van der Waals surface area (Å²) in [5, 5.41) is 12.9. The van der Waals surface area contributed by atoms with E-state index in [0.717, 1.165) is 44.3 Å². The predicted molar refractivity (Wildman–Crippen MR) is 216 cm³/mol. The third-order valence-corrected chi connectivity index (χ3v) is 18.6. The minimum Gasteiger partial charge on any atom is -0.543 e. The van der Waals surface area contributed by atoms with Crippen LogP contribution in [0.15, 0.2) is 30.5 Å². The van der Waals surface area contributed by atoms with Gasteiger partial charge in [-0.25, -0.2) is 8.78 Å². The van der Waals surface area contributed by atoms with Gasteiger partial charge in [0.15, 0.2) is 5.82 Å². The Labute approximate surface area is 320 Å². The van der Waals surface area contributed by atoms with Crippen molar-refractivity contribution in [3.8, 4) is 23.0 Å². The predicted octanol–water partition coefficient (Wildman–Crippen LogP) is 9.85. The Kier molecular flexibility index (Phi) is 10.7. The van der Waals surface area contributed by atoms with E-state index < -0.39 is 19.7 Å². The third kappa shape index (κ3) is 7.32. The van der Waals surface area contributed by atoms with Crippen LogP contribution in [0.2, 0.25) is 16.6 Å². The van der Waals surface area contributed by atoms with Crippen LogP contribution in [-0.4, -0.2) is 78.2 Å². The lowest BCUT2D eigenvalue weighted by Gasteiger charge is -2.42. The standard InChI is InChI=1S/C43H59F2N5O3Si/c1-9-32-35(44)14-13-30-21-31(53-54(27(2)3,28(4)5)29(6)7)22-33(36(30)32)38-37(45)39-34(23-46-38)40(50-20-12-15-42(8,51)24-50)48-41(47-39)52-26-43(16-17-43)25-49-18-10-11-19-49/h13-14,21-23,27-29,51H,9-12,15-20,24-26H2,1-8H3/t42-/m1/s1. The van der Waals surface area contributed by atoms with Crippen LogP contribution in [0.5, 0.6) is 11.8 Å². The Morgan fingerprint density at radius 3 is 2.26 bits per heavy atom. The maximum atomic E-state index is 17.5. The minimum atomic E-state index is -2.40. The summed E-state index contributed by atoms with van der Waals surface area (Å²) in [6, 6.07) is 7.21. The molecule has 292 valence electrons. The number of likely N-dealkylation sites (tertiary alicyclic amines) is 1. The molecule has 7 rings (SSSR count). The SMILES string of the molecule is CCc1c(F)ccc2cc(O[Si](C(C)C)(C(C)C)C(C)C)cc(-c3ncc4c(N5CCC[C@@](C)(O)C5)nc(OCC5(CN6CCCC6)CC5)nc4c3F)c12. The van der Waals surface area contributed by atoms with E-state index in [2.05, 4.69) is 46.4 Å². The first-order valence-corrected chi connectivity index (χ1v) is 22.4. The number of hydrogen-bond donors (Lipinski definition) is 1. The van der Waals surface area contributed by atoms with Crippen LogP contribution in [0.25, 0.3) is 32.9 Å². The molecule has 0 spiro atoms. The number of aliphatic hydroxyl groups is 1. The lowest BCUT2D eigenvalue weighted by molar-refractivity contribution is 0.0447. The number of ether oxygens (including phenoxy) is 1. The third-order valence-electron chi connectivity index (χ3n) is 12.6. The highest BCUT2D eigenvalue weighted by Gasteiger charge is 2.47. The maximum Gasteiger partial charge on any atom is 0.319 e. The topological polar surface area (TPSA) is 83.8 Å². The van der Waals surface area contributed by atoms with Gasteiger partial charge in [-0.1, -0.05) is 54.5 Å². The van der Waals surface area contributed by atoms with Crippen molar-refractivity contribution < 1.29 is 23.1 Å². The Morgan fingerprint density at radius 1 is 0.926 bits per heavy atom. The highest BCUT2D eigenvalue weighted by Crippen LogP contribution is 2.48. The summed E-state index contributed by atoms with van der Waals surface area (Å²) < 4.78 is 46.6. The monoisotopic (exact) mass is 759 g/mol. The van der Waals surface area contributed by atoms with Crippen molar-refractivity contribution in [1.82, 2.24) is 19.9 Å². The zero-order chi connectivity index (χ0) is 38.6. The zero-order valence-corrected chi connectivity index (χ0v) is 34.6. The van der Waals surface area contributed by atoms with Gasteiger partial charge in [-0.2, -0.15) is 9.97 Å². The molecule has 2 saturated heterocycles. The van der Waals surface area contributed by atoms with Crippen molar-refractivity contribution >= 4 is 35.8 Å². The van der Waals surface area contributed by atoms with E-state index >= 15 is 8.78 Å². The number of aromatic nitrogens is 3. The van der Waals surface area contributed by atoms with Crippen LogP contribution in [-0.2, 0) is 6.42 Å². The summed E-state index contributed by atoms with van der Waals surface area (Å²) in [5.74, 6) is 0.191. The first kappa shape index (κ1) is 38.8. The number of nitrogens with zero attached hydrogens (tertiary/aromatic N) is 5. The van der Waals surface area contributed by atoms with Crippen LogP contribution in [0.1, 0.15) is 99.5 Å². The summed E-state index contributed by atoms with van der Waals surface area (Å²) in [7, 11) is -2.40. The molecule has 4 heterocycles. The van der Waals surface area contributed by atoms with Gasteiger partial charge in [-0.15, -0.1) is 0 Å². The number of benzene rings is 2. The average Bonchev–Trinajstić information content (AvgIpc) is 3.69. The summed E-state index contributed by atoms with van der Waals surface area (Å²) in [4.78, 5) is 19.0. The van der Waals surface area contributed by atoms with E-state index in [1.54, 1.807) is 12.3 Å². The van der Waals surface area contributed by atoms with E-state index in [1.807, 2.05) is 30.9 Å². The summed E-state index contributed by atoms with van der Waals surface area (Å²) >= 11 is 0. The van der Waals surface area contributed by atoms with Gasteiger partial charge < -0.3 is 24.1 Å². The maximum absolute atomic E-state index is 17.5. The van der Waals surface area contributed by atoms with Crippen LogP contribution in [0.4, 0.5) is 14.6 Å². The molecule has 3 fully saturated rings. The molecule has 11 heteroatoms. The zero-order valence-electron chi connectivity index (χ0n) is 33.6. The molecule has 4 aromatic rings. The van der Waals surface area contributed by atoms with E-state index in [1.165, 1.54) is 18.9 Å². The average molecular weight is 760 g/mol. The highest BCUT2D eigenvalue weighted by molar-refractivity contribution is 6.78. The smallest absolute Gasteiger partial charge is 0.319 e. The molecule has 54 heavy (non-hydrogen) atoms. The second kappa shape index (κ2) is 14.9. The molecule has 0 unspecified atom stereocenters. The Balaban J connectivity index is 1.38. The van der Waals surface area contributed by atoms with Crippen molar-refractivity contribution in [2.45, 2.75) is 123 Å². The second-order valence-electron chi connectivity index (χ2n) is 17.7. The van der Waals surface area contributed by atoms with Crippen molar-refractivity contribution in [3.63, 3.8) is 0 Å². The number of β-amino-alcohol motifs (C(OH)–C–C–N with tert-alkyl or cyclic N) is 1. The molecule has 3 aliphatic rings. The number of rotatable bonds is 13. The molecule has 0 radical (unpaired) electrons. The minimum absolute atomic E-state index is 0.0556. The molecule has 2 aromatic carbocycles. The molecule has 1 N–H and O–H groups in total. The lowest BCUT2D eigenvalue weighted by Crippen LogP contribution is -2.50. The van der Waals surface area contributed by atoms with Gasteiger partial charge in [0.2, 0.25) is 0 Å². The van der Waals surface area contributed by atoms with Crippen molar-refractivity contribution in [3.05, 3.63) is 47.7 Å². The molecular weight excluding hydrogens is 701 g/mol. The van der Waals surface area contributed by atoms with Crippen LogP contribution >= 0.6 is 0 Å². The largest absolute Gasteiger partial charge is 0.543 e. The molecule has 0 amide bonds. The molecule has 1 aliphatic carbocycles.